The maximum absolute atomic E-state index is 3.35. The molecule has 2 aliphatic rings. The highest BCUT2D eigenvalue weighted by Gasteiger charge is 2.18. The van der Waals surface area contributed by atoms with Gasteiger partial charge in [-0.1, -0.05) is 54.6 Å². The van der Waals surface area contributed by atoms with Crippen molar-refractivity contribution in [1.29, 1.82) is 0 Å². The van der Waals surface area contributed by atoms with Gasteiger partial charge in [0.1, 0.15) is 0 Å². The molecule has 0 heterocycles. The van der Waals surface area contributed by atoms with Gasteiger partial charge in [0.15, 0.2) is 0 Å². The molecule has 3 rings (SSSR count). The van der Waals surface area contributed by atoms with Gasteiger partial charge in [-0.25, -0.2) is 0 Å². The Labute approximate surface area is 89.9 Å². The SMILES string of the molecule is [C]1=Cc2ccccc2C2C=CC=CC=C12. The Balaban J connectivity index is 2.20. The molecule has 1 radical (unpaired) electrons. The summed E-state index contributed by atoms with van der Waals surface area (Å²) in [7, 11) is 0. The van der Waals surface area contributed by atoms with Crippen LogP contribution >= 0.6 is 0 Å². The van der Waals surface area contributed by atoms with Gasteiger partial charge >= 0.3 is 0 Å². The minimum atomic E-state index is 0.376. The molecule has 2 aliphatic carbocycles. The molecule has 0 amide bonds. The Hall–Kier alpha value is -1.82. The minimum absolute atomic E-state index is 0.376. The van der Waals surface area contributed by atoms with E-state index in [0.717, 1.165) is 0 Å². The molecule has 0 spiro atoms. The normalized spacial score (nSPS) is 21.6. The fraction of sp³-hybridized carbons (Fsp3) is 0.0667. The molecule has 1 unspecified atom stereocenters. The van der Waals surface area contributed by atoms with Gasteiger partial charge in [-0.3, -0.25) is 0 Å². The van der Waals surface area contributed by atoms with Crippen LogP contribution in [0, 0.1) is 6.08 Å². The van der Waals surface area contributed by atoms with Gasteiger partial charge in [-0.15, -0.1) is 0 Å². The van der Waals surface area contributed by atoms with Gasteiger partial charge in [0.05, 0.1) is 0 Å². The molecule has 0 nitrogen and oxygen atoms in total. The Morgan fingerprint density at radius 3 is 2.93 bits per heavy atom. The number of benzene rings is 1. The van der Waals surface area contributed by atoms with Crippen molar-refractivity contribution >= 4 is 6.08 Å². The predicted molar refractivity (Wildman–Crippen MR) is 63.3 cm³/mol. The van der Waals surface area contributed by atoms with E-state index in [4.69, 9.17) is 0 Å². The van der Waals surface area contributed by atoms with Crippen molar-refractivity contribution < 1.29 is 0 Å². The van der Waals surface area contributed by atoms with E-state index in [-0.39, 0.29) is 0 Å². The summed E-state index contributed by atoms with van der Waals surface area (Å²) in [6.45, 7) is 0. The summed E-state index contributed by atoms with van der Waals surface area (Å²) in [5, 5.41) is 0. The molecule has 0 saturated carbocycles. The number of fused-ring (bicyclic) bond motifs is 3. The molecule has 0 saturated heterocycles. The molecule has 15 heavy (non-hydrogen) atoms. The van der Waals surface area contributed by atoms with Crippen molar-refractivity contribution in [2.75, 3.05) is 0 Å². The molecule has 1 aromatic rings. The lowest BCUT2D eigenvalue weighted by Crippen LogP contribution is -2.04. The van der Waals surface area contributed by atoms with Crippen LogP contribution in [0.3, 0.4) is 0 Å². The summed E-state index contributed by atoms with van der Waals surface area (Å²) in [5.41, 5.74) is 3.91. The first-order chi connectivity index (χ1) is 7.45. The Kier molecular flexibility index (Phi) is 1.92. The standard InChI is InChI=1S/C15H11/c1-2-6-12-10-11-13-7-4-5-9-15(13)14(12)8-3-1/h1-9,11,14H. The van der Waals surface area contributed by atoms with Gasteiger partial charge in [-0.05, 0) is 28.9 Å². The van der Waals surface area contributed by atoms with Gasteiger partial charge < -0.3 is 0 Å². The first-order valence-corrected chi connectivity index (χ1v) is 5.19. The van der Waals surface area contributed by atoms with E-state index < -0.39 is 0 Å². The van der Waals surface area contributed by atoms with Gasteiger partial charge in [-0.2, -0.15) is 0 Å². The van der Waals surface area contributed by atoms with Crippen LogP contribution in [0.5, 0.6) is 0 Å². The van der Waals surface area contributed by atoms with Crippen molar-refractivity contribution in [1.82, 2.24) is 0 Å². The van der Waals surface area contributed by atoms with E-state index in [1.807, 2.05) is 0 Å². The second kappa shape index (κ2) is 3.39. The van der Waals surface area contributed by atoms with Crippen molar-refractivity contribution in [2.24, 2.45) is 0 Å². The van der Waals surface area contributed by atoms with Crippen molar-refractivity contribution in [3.63, 3.8) is 0 Å². The topological polar surface area (TPSA) is 0 Å². The van der Waals surface area contributed by atoms with Crippen LogP contribution in [0.4, 0.5) is 0 Å². The first kappa shape index (κ1) is 8.49. The van der Waals surface area contributed by atoms with Crippen molar-refractivity contribution in [3.8, 4) is 0 Å². The van der Waals surface area contributed by atoms with E-state index in [0.29, 0.717) is 5.92 Å². The fourth-order valence-corrected chi connectivity index (χ4v) is 2.10. The van der Waals surface area contributed by atoms with E-state index >= 15 is 0 Å². The van der Waals surface area contributed by atoms with Crippen LogP contribution in [0.15, 0.2) is 60.2 Å². The zero-order chi connectivity index (χ0) is 10.1. The number of hydrogen-bond donors (Lipinski definition) is 0. The second-order valence-corrected chi connectivity index (χ2v) is 3.79. The maximum Gasteiger partial charge on any atom is 0.0284 e. The second-order valence-electron chi connectivity index (χ2n) is 3.79. The summed E-state index contributed by atoms with van der Waals surface area (Å²) in [6, 6.07) is 8.51. The average molecular weight is 191 g/mol. The van der Waals surface area contributed by atoms with Crippen LogP contribution in [0.25, 0.3) is 6.08 Å². The number of rotatable bonds is 0. The molecular formula is C15H11. The lowest BCUT2D eigenvalue weighted by Gasteiger charge is -2.20. The van der Waals surface area contributed by atoms with Crippen LogP contribution < -0.4 is 0 Å². The lowest BCUT2D eigenvalue weighted by molar-refractivity contribution is 1.00. The smallest absolute Gasteiger partial charge is 0.0284 e. The van der Waals surface area contributed by atoms with E-state index in [2.05, 4.69) is 66.8 Å². The van der Waals surface area contributed by atoms with E-state index in [1.165, 1.54) is 16.7 Å². The molecule has 0 fully saturated rings. The Bertz CT molecular complexity index is 499. The monoisotopic (exact) mass is 191 g/mol. The average Bonchev–Trinajstić information content (AvgIpc) is 2.54. The molecule has 0 heteroatoms. The highest BCUT2D eigenvalue weighted by Crippen LogP contribution is 2.34. The third-order valence-electron chi connectivity index (χ3n) is 2.86. The van der Waals surface area contributed by atoms with Crippen molar-refractivity contribution in [3.05, 3.63) is 77.4 Å². The van der Waals surface area contributed by atoms with Gasteiger partial charge in [0.25, 0.3) is 0 Å². The lowest BCUT2D eigenvalue weighted by atomic mass is 9.83. The summed E-state index contributed by atoms with van der Waals surface area (Å²) in [4.78, 5) is 0. The molecule has 71 valence electrons. The summed E-state index contributed by atoms with van der Waals surface area (Å²) in [5.74, 6) is 0.376. The summed E-state index contributed by atoms with van der Waals surface area (Å²) in [6.07, 6.45) is 16.0. The van der Waals surface area contributed by atoms with Crippen LogP contribution in [-0.2, 0) is 0 Å². The zero-order valence-electron chi connectivity index (χ0n) is 8.35. The number of allylic oxidation sites excluding steroid dienone is 7. The summed E-state index contributed by atoms with van der Waals surface area (Å²) >= 11 is 0. The molecule has 0 bridgehead atoms. The largest absolute Gasteiger partial charge is 0.0726 e. The van der Waals surface area contributed by atoms with Crippen LogP contribution in [0.1, 0.15) is 17.0 Å². The first-order valence-electron chi connectivity index (χ1n) is 5.19. The number of hydrogen-bond acceptors (Lipinski definition) is 0. The molecule has 0 N–H and O–H groups in total. The molecule has 1 aromatic carbocycles. The summed E-state index contributed by atoms with van der Waals surface area (Å²) < 4.78 is 0. The minimum Gasteiger partial charge on any atom is -0.0726 e. The molecule has 0 aromatic heterocycles. The quantitative estimate of drug-likeness (QED) is 0.587. The van der Waals surface area contributed by atoms with Crippen LogP contribution in [-0.4, -0.2) is 0 Å². The van der Waals surface area contributed by atoms with E-state index in [1.54, 1.807) is 0 Å². The van der Waals surface area contributed by atoms with Crippen LogP contribution in [0.2, 0.25) is 0 Å². The molecule has 1 atom stereocenters. The highest BCUT2D eigenvalue weighted by atomic mass is 14.2. The molecule has 0 aliphatic heterocycles. The highest BCUT2D eigenvalue weighted by molar-refractivity contribution is 5.63. The van der Waals surface area contributed by atoms with Gasteiger partial charge in [0, 0.05) is 5.92 Å². The third-order valence-corrected chi connectivity index (χ3v) is 2.86. The predicted octanol–water partition coefficient (Wildman–Crippen LogP) is 3.65. The molecular weight excluding hydrogens is 180 g/mol. The fourth-order valence-electron chi connectivity index (χ4n) is 2.10. The Morgan fingerprint density at radius 2 is 1.93 bits per heavy atom. The third kappa shape index (κ3) is 1.39. The maximum atomic E-state index is 3.35. The Morgan fingerprint density at radius 1 is 1.00 bits per heavy atom. The van der Waals surface area contributed by atoms with Crippen molar-refractivity contribution in [2.45, 2.75) is 5.92 Å². The van der Waals surface area contributed by atoms with Gasteiger partial charge in [0.2, 0.25) is 0 Å². The zero-order valence-corrected chi connectivity index (χ0v) is 8.35. The van der Waals surface area contributed by atoms with E-state index in [9.17, 15) is 0 Å².